The lowest BCUT2D eigenvalue weighted by Gasteiger charge is -2.28. The lowest BCUT2D eigenvalue weighted by molar-refractivity contribution is -0.384. The third kappa shape index (κ3) is 2.13. The quantitative estimate of drug-likeness (QED) is 0.637. The number of nitrogens with zero attached hydrogens (tertiary/aromatic N) is 2. The molecular weight excluding hydrogens is 234 g/mol. The van der Waals surface area contributed by atoms with Crippen LogP contribution in [0.3, 0.4) is 0 Å². The van der Waals surface area contributed by atoms with E-state index in [0.717, 1.165) is 11.1 Å². The van der Waals surface area contributed by atoms with Gasteiger partial charge in [0, 0.05) is 33.1 Å². The number of nitro groups is 1. The number of carbonyl (C=O) groups excluding carboxylic acids is 1. The van der Waals surface area contributed by atoms with Crippen molar-refractivity contribution >= 4 is 17.3 Å². The number of hydrogen-bond acceptors (Lipinski definition) is 4. The van der Waals surface area contributed by atoms with Crippen LogP contribution in [0.4, 0.5) is 11.4 Å². The smallest absolute Gasteiger partial charge is 0.292 e. The minimum absolute atomic E-state index is 0.0324. The monoisotopic (exact) mass is 249 g/mol. The number of fused-ring (bicyclic) bond motifs is 1. The lowest BCUT2D eigenvalue weighted by Crippen LogP contribution is -2.34. The molecule has 0 unspecified atom stereocenters. The molecule has 0 saturated carbocycles. The maximum Gasteiger partial charge on any atom is 0.292 e. The van der Waals surface area contributed by atoms with E-state index >= 15 is 0 Å². The fraction of sp³-hybridized carbons (Fsp3) is 0.417. The molecular formula is C12H15N3O3. The van der Waals surface area contributed by atoms with Gasteiger partial charge >= 0.3 is 0 Å². The Labute approximate surface area is 105 Å². The van der Waals surface area contributed by atoms with Gasteiger partial charge in [-0.05, 0) is 23.6 Å². The Morgan fingerprint density at radius 2 is 2.17 bits per heavy atom. The van der Waals surface area contributed by atoms with Crippen LogP contribution in [0.1, 0.15) is 18.1 Å². The molecule has 0 aromatic heterocycles. The molecule has 0 saturated heterocycles. The van der Waals surface area contributed by atoms with Gasteiger partial charge in [0.2, 0.25) is 5.91 Å². The molecule has 0 radical (unpaired) electrons. The van der Waals surface area contributed by atoms with Crippen LogP contribution in [0.5, 0.6) is 0 Å². The van der Waals surface area contributed by atoms with Crippen LogP contribution in [0.2, 0.25) is 0 Å². The van der Waals surface area contributed by atoms with Crippen LogP contribution < -0.4 is 5.32 Å². The zero-order valence-corrected chi connectivity index (χ0v) is 10.4. The zero-order valence-electron chi connectivity index (χ0n) is 10.4. The molecule has 96 valence electrons. The van der Waals surface area contributed by atoms with Gasteiger partial charge in [0.05, 0.1) is 4.92 Å². The van der Waals surface area contributed by atoms with Crippen LogP contribution in [0.15, 0.2) is 12.1 Å². The van der Waals surface area contributed by atoms with E-state index < -0.39 is 0 Å². The molecule has 1 aromatic carbocycles. The van der Waals surface area contributed by atoms with Crippen molar-refractivity contribution in [1.29, 1.82) is 0 Å². The Bertz CT molecular complexity index is 514. The summed E-state index contributed by atoms with van der Waals surface area (Å²) in [5, 5.41) is 13.8. The molecule has 0 fully saturated rings. The third-order valence-corrected chi connectivity index (χ3v) is 3.24. The number of carbonyl (C=O) groups is 1. The average molecular weight is 249 g/mol. The third-order valence-electron chi connectivity index (χ3n) is 3.24. The first-order chi connectivity index (χ1) is 8.52. The number of anilines is 1. The minimum Gasteiger partial charge on any atom is -0.383 e. The number of nitrogens with one attached hydrogen (secondary N) is 1. The maximum absolute atomic E-state index is 11.3. The van der Waals surface area contributed by atoms with Crippen molar-refractivity contribution in [2.75, 3.05) is 18.9 Å². The Balaban J connectivity index is 2.41. The Kier molecular flexibility index (Phi) is 3.18. The predicted molar refractivity (Wildman–Crippen MR) is 67.4 cm³/mol. The van der Waals surface area contributed by atoms with Crippen molar-refractivity contribution in [3.8, 4) is 0 Å². The Morgan fingerprint density at radius 3 is 2.72 bits per heavy atom. The van der Waals surface area contributed by atoms with Gasteiger partial charge in [-0.1, -0.05) is 0 Å². The maximum atomic E-state index is 11.3. The van der Waals surface area contributed by atoms with Gasteiger partial charge in [-0.2, -0.15) is 0 Å². The number of nitro benzene ring substituents is 1. The molecule has 1 amide bonds. The summed E-state index contributed by atoms with van der Waals surface area (Å²) in [6.07, 6.45) is 0.666. The molecule has 0 atom stereocenters. The summed E-state index contributed by atoms with van der Waals surface area (Å²) < 4.78 is 0. The zero-order chi connectivity index (χ0) is 13.3. The SMILES string of the molecule is CNc1cc2c(cc1[N+](=O)[O-])CCN(C(C)=O)C2. The highest BCUT2D eigenvalue weighted by molar-refractivity contribution is 5.74. The summed E-state index contributed by atoms with van der Waals surface area (Å²) in [6.45, 7) is 2.69. The molecule has 0 spiro atoms. The number of amides is 1. The summed E-state index contributed by atoms with van der Waals surface area (Å²) in [6, 6.07) is 3.38. The first-order valence-electron chi connectivity index (χ1n) is 5.76. The fourth-order valence-corrected chi connectivity index (χ4v) is 2.22. The molecule has 1 aromatic rings. The summed E-state index contributed by atoms with van der Waals surface area (Å²) in [7, 11) is 1.65. The summed E-state index contributed by atoms with van der Waals surface area (Å²) in [5.41, 5.74) is 2.52. The van der Waals surface area contributed by atoms with Gasteiger partial charge in [-0.15, -0.1) is 0 Å². The van der Waals surface area contributed by atoms with Gasteiger partial charge in [-0.25, -0.2) is 0 Å². The largest absolute Gasteiger partial charge is 0.383 e. The van der Waals surface area contributed by atoms with Crippen molar-refractivity contribution in [2.45, 2.75) is 19.9 Å². The number of rotatable bonds is 2. The van der Waals surface area contributed by atoms with Gasteiger partial charge in [-0.3, -0.25) is 14.9 Å². The molecule has 1 aliphatic heterocycles. The minimum atomic E-state index is -0.385. The van der Waals surface area contributed by atoms with E-state index in [-0.39, 0.29) is 16.5 Å². The van der Waals surface area contributed by atoms with Crippen molar-refractivity contribution in [3.05, 3.63) is 33.4 Å². The molecule has 0 bridgehead atoms. The highest BCUT2D eigenvalue weighted by atomic mass is 16.6. The van der Waals surface area contributed by atoms with E-state index in [1.807, 2.05) is 0 Å². The van der Waals surface area contributed by atoms with E-state index in [9.17, 15) is 14.9 Å². The lowest BCUT2D eigenvalue weighted by atomic mass is 9.98. The molecule has 6 heteroatoms. The predicted octanol–water partition coefficient (Wildman–Crippen LogP) is 1.54. The molecule has 18 heavy (non-hydrogen) atoms. The molecule has 1 N–H and O–H groups in total. The summed E-state index contributed by atoms with van der Waals surface area (Å²) >= 11 is 0. The van der Waals surface area contributed by atoms with Crippen molar-refractivity contribution < 1.29 is 9.72 Å². The van der Waals surface area contributed by atoms with Crippen LogP contribution in [0, 0.1) is 10.1 Å². The van der Waals surface area contributed by atoms with Crippen LogP contribution in [-0.2, 0) is 17.8 Å². The van der Waals surface area contributed by atoms with Gasteiger partial charge in [0.15, 0.2) is 0 Å². The van der Waals surface area contributed by atoms with Gasteiger partial charge in [0.25, 0.3) is 5.69 Å². The first kappa shape index (κ1) is 12.3. The summed E-state index contributed by atoms with van der Waals surface area (Å²) in [4.78, 5) is 23.6. The van der Waals surface area contributed by atoms with E-state index in [0.29, 0.717) is 25.2 Å². The average Bonchev–Trinajstić information content (AvgIpc) is 2.36. The van der Waals surface area contributed by atoms with Gasteiger partial charge < -0.3 is 10.2 Å². The van der Waals surface area contributed by atoms with Gasteiger partial charge in [0.1, 0.15) is 5.69 Å². The molecule has 1 heterocycles. The van der Waals surface area contributed by atoms with Crippen molar-refractivity contribution in [1.82, 2.24) is 4.90 Å². The second-order valence-electron chi connectivity index (χ2n) is 4.34. The normalized spacial score (nSPS) is 14.0. The van der Waals surface area contributed by atoms with Crippen molar-refractivity contribution in [3.63, 3.8) is 0 Å². The highest BCUT2D eigenvalue weighted by Gasteiger charge is 2.23. The van der Waals surface area contributed by atoms with Crippen LogP contribution in [-0.4, -0.2) is 29.3 Å². The van der Waals surface area contributed by atoms with Crippen molar-refractivity contribution in [2.24, 2.45) is 0 Å². The van der Waals surface area contributed by atoms with E-state index in [2.05, 4.69) is 5.32 Å². The Morgan fingerprint density at radius 1 is 1.44 bits per heavy atom. The topological polar surface area (TPSA) is 75.5 Å². The first-order valence-corrected chi connectivity index (χ1v) is 5.76. The standard InChI is InChI=1S/C12H15N3O3/c1-8(16)14-4-3-9-6-12(15(17)18)11(13-2)5-10(9)7-14/h5-6,13H,3-4,7H2,1-2H3. The number of hydrogen-bond donors (Lipinski definition) is 1. The van der Waals surface area contributed by atoms with Crippen LogP contribution in [0.25, 0.3) is 0 Å². The molecule has 1 aliphatic rings. The summed E-state index contributed by atoms with van der Waals surface area (Å²) in [5.74, 6) is 0.0324. The van der Waals surface area contributed by atoms with Crippen LogP contribution >= 0.6 is 0 Å². The van der Waals surface area contributed by atoms with E-state index in [1.54, 1.807) is 24.1 Å². The van der Waals surface area contributed by atoms with E-state index in [1.165, 1.54) is 6.92 Å². The number of benzene rings is 1. The highest BCUT2D eigenvalue weighted by Crippen LogP contribution is 2.31. The molecule has 2 rings (SSSR count). The molecule has 0 aliphatic carbocycles. The second kappa shape index (κ2) is 4.64. The Hall–Kier alpha value is -2.11. The fourth-order valence-electron chi connectivity index (χ4n) is 2.22. The second-order valence-corrected chi connectivity index (χ2v) is 4.34. The molecule has 6 nitrogen and oxygen atoms in total. The van der Waals surface area contributed by atoms with E-state index in [4.69, 9.17) is 0 Å².